The van der Waals surface area contributed by atoms with E-state index in [1.807, 2.05) is 6.07 Å². The first-order valence-corrected chi connectivity index (χ1v) is 7.77. The third kappa shape index (κ3) is 2.40. The van der Waals surface area contributed by atoms with E-state index < -0.39 is 0 Å². The van der Waals surface area contributed by atoms with Gasteiger partial charge in [-0.25, -0.2) is 0 Å². The predicted octanol–water partition coefficient (Wildman–Crippen LogP) is 2.68. The number of rotatable bonds is 3. The van der Waals surface area contributed by atoms with Gasteiger partial charge in [0.15, 0.2) is 0 Å². The fourth-order valence-corrected chi connectivity index (χ4v) is 4.17. The lowest BCUT2D eigenvalue weighted by molar-refractivity contribution is -0.124. The minimum atomic E-state index is -0.0466. The summed E-state index contributed by atoms with van der Waals surface area (Å²) in [7, 11) is 3.36. The quantitative estimate of drug-likeness (QED) is 0.934. The van der Waals surface area contributed by atoms with Crippen LogP contribution in [0.25, 0.3) is 0 Å². The standard InChI is InChI=1S/C16H21ClN2O2/c1-19(11-5-6-13(21-2)12(17)8-11)16(20)14-9-3-4-10(7-9)15(14)18/h5-6,8-10,14-15H,3-4,7,18H2,1-2H3. The molecule has 0 radical (unpaired) electrons. The van der Waals surface area contributed by atoms with E-state index in [2.05, 4.69) is 0 Å². The topological polar surface area (TPSA) is 55.6 Å². The summed E-state index contributed by atoms with van der Waals surface area (Å²) in [6, 6.07) is 5.40. The summed E-state index contributed by atoms with van der Waals surface area (Å²) in [5, 5.41) is 0.506. The molecule has 5 heteroatoms. The molecule has 0 aliphatic heterocycles. The SMILES string of the molecule is COc1ccc(N(C)C(=O)C2C3CCC(C3)C2N)cc1Cl. The van der Waals surface area contributed by atoms with Crippen molar-refractivity contribution in [2.45, 2.75) is 25.3 Å². The first-order chi connectivity index (χ1) is 10.0. The number of amides is 1. The molecule has 0 aromatic heterocycles. The van der Waals surface area contributed by atoms with Crippen LogP contribution < -0.4 is 15.4 Å². The summed E-state index contributed by atoms with van der Waals surface area (Å²) in [6.45, 7) is 0. The van der Waals surface area contributed by atoms with Crippen LogP contribution in [0, 0.1) is 17.8 Å². The molecule has 0 spiro atoms. The lowest BCUT2D eigenvalue weighted by Crippen LogP contribution is -2.46. The van der Waals surface area contributed by atoms with Crippen LogP contribution in [-0.4, -0.2) is 26.1 Å². The molecule has 0 heterocycles. The molecule has 1 aromatic carbocycles. The van der Waals surface area contributed by atoms with Crippen molar-refractivity contribution in [3.63, 3.8) is 0 Å². The van der Waals surface area contributed by atoms with E-state index in [0.29, 0.717) is 22.6 Å². The molecule has 3 rings (SSSR count). The van der Waals surface area contributed by atoms with Gasteiger partial charge in [-0.05, 0) is 49.3 Å². The van der Waals surface area contributed by atoms with Crippen molar-refractivity contribution >= 4 is 23.2 Å². The average molecular weight is 309 g/mol. The molecule has 2 aliphatic rings. The summed E-state index contributed by atoms with van der Waals surface area (Å²) in [6.07, 6.45) is 3.41. The van der Waals surface area contributed by atoms with Gasteiger partial charge in [0, 0.05) is 18.8 Å². The first-order valence-electron chi connectivity index (χ1n) is 7.39. The Kier molecular flexibility index (Phi) is 3.84. The van der Waals surface area contributed by atoms with Crippen molar-refractivity contribution < 1.29 is 9.53 Å². The Morgan fingerprint density at radius 1 is 1.38 bits per heavy atom. The fraction of sp³-hybridized carbons (Fsp3) is 0.562. The maximum absolute atomic E-state index is 12.8. The van der Waals surface area contributed by atoms with Crippen LogP contribution in [0.4, 0.5) is 5.69 Å². The van der Waals surface area contributed by atoms with Gasteiger partial charge in [0.1, 0.15) is 5.75 Å². The van der Waals surface area contributed by atoms with E-state index in [0.717, 1.165) is 18.5 Å². The Balaban J connectivity index is 1.80. The predicted molar refractivity (Wildman–Crippen MR) is 83.7 cm³/mol. The molecule has 114 valence electrons. The number of hydrogen-bond donors (Lipinski definition) is 1. The summed E-state index contributed by atoms with van der Waals surface area (Å²) < 4.78 is 5.14. The molecule has 2 aliphatic carbocycles. The highest BCUT2D eigenvalue weighted by atomic mass is 35.5. The molecule has 4 unspecified atom stereocenters. The normalized spacial score (nSPS) is 30.5. The van der Waals surface area contributed by atoms with Crippen molar-refractivity contribution in [3.05, 3.63) is 23.2 Å². The van der Waals surface area contributed by atoms with Crippen LogP contribution in [-0.2, 0) is 4.79 Å². The second kappa shape index (κ2) is 5.50. The number of anilines is 1. The van der Waals surface area contributed by atoms with Gasteiger partial charge in [0.05, 0.1) is 18.1 Å². The maximum atomic E-state index is 12.8. The third-order valence-corrected chi connectivity index (χ3v) is 5.41. The van der Waals surface area contributed by atoms with Crippen LogP contribution in [0.3, 0.4) is 0 Å². The smallest absolute Gasteiger partial charge is 0.231 e. The van der Waals surface area contributed by atoms with E-state index in [1.54, 1.807) is 31.2 Å². The number of methoxy groups -OCH3 is 1. The summed E-state index contributed by atoms with van der Waals surface area (Å²) in [5.41, 5.74) is 7.04. The molecular formula is C16H21ClN2O2. The number of nitrogens with two attached hydrogens (primary N) is 1. The number of benzene rings is 1. The van der Waals surface area contributed by atoms with E-state index >= 15 is 0 Å². The van der Waals surface area contributed by atoms with E-state index in [-0.39, 0.29) is 17.9 Å². The Morgan fingerprint density at radius 2 is 2.10 bits per heavy atom. The van der Waals surface area contributed by atoms with Crippen molar-refractivity contribution in [3.8, 4) is 5.75 Å². The van der Waals surface area contributed by atoms with Gasteiger partial charge >= 0.3 is 0 Å². The lowest BCUT2D eigenvalue weighted by Gasteiger charge is -2.31. The van der Waals surface area contributed by atoms with E-state index in [4.69, 9.17) is 22.1 Å². The molecule has 1 amide bonds. The highest BCUT2D eigenvalue weighted by Crippen LogP contribution is 2.48. The number of carbonyl (C=O) groups is 1. The van der Waals surface area contributed by atoms with Gasteiger partial charge in [-0.3, -0.25) is 4.79 Å². The second-order valence-electron chi connectivity index (χ2n) is 6.15. The van der Waals surface area contributed by atoms with Gasteiger partial charge in [-0.15, -0.1) is 0 Å². The van der Waals surface area contributed by atoms with Crippen molar-refractivity contribution in [2.75, 3.05) is 19.1 Å². The summed E-state index contributed by atoms with van der Waals surface area (Å²) in [4.78, 5) is 14.5. The number of ether oxygens (including phenoxy) is 1. The van der Waals surface area contributed by atoms with E-state index in [9.17, 15) is 4.79 Å². The zero-order valence-electron chi connectivity index (χ0n) is 12.4. The number of nitrogens with zero attached hydrogens (tertiary/aromatic N) is 1. The molecule has 2 bridgehead atoms. The highest BCUT2D eigenvalue weighted by molar-refractivity contribution is 6.32. The summed E-state index contributed by atoms with van der Waals surface area (Å²) >= 11 is 6.14. The molecular weight excluding hydrogens is 288 g/mol. The second-order valence-corrected chi connectivity index (χ2v) is 6.56. The monoisotopic (exact) mass is 308 g/mol. The van der Waals surface area contributed by atoms with Crippen molar-refractivity contribution in [1.29, 1.82) is 0 Å². The number of hydrogen-bond acceptors (Lipinski definition) is 3. The zero-order chi connectivity index (χ0) is 15.1. The van der Waals surface area contributed by atoms with Crippen LogP contribution >= 0.6 is 11.6 Å². The number of halogens is 1. The fourth-order valence-electron chi connectivity index (χ4n) is 3.92. The minimum Gasteiger partial charge on any atom is -0.495 e. The van der Waals surface area contributed by atoms with Crippen LogP contribution in [0.15, 0.2) is 18.2 Å². The van der Waals surface area contributed by atoms with Gasteiger partial charge in [0.25, 0.3) is 0 Å². The highest BCUT2D eigenvalue weighted by Gasteiger charge is 2.49. The molecule has 2 N–H and O–H groups in total. The molecule has 4 nitrogen and oxygen atoms in total. The molecule has 4 atom stereocenters. The minimum absolute atomic E-state index is 0.00687. The summed E-state index contributed by atoms with van der Waals surface area (Å²) in [5.74, 6) is 1.65. The number of carbonyl (C=O) groups excluding carboxylic acids is 1. The third-order valence-electron chi connectivity index (χ3n) is 5.12. The lowest BCUT2D eigenvalue weighted by atomic mass is 9.84. The van der Waals surface area contributed by atoms with Gasteiger partial charge in [0.2, 0.25) is 5.91 Å². The molecule has 2 fully saturated rings. The van der Waals surface area contributed by atoms with Gasteiger partial charge in [-0.1, -0.05) is 11.6 Å². The molecule has 21 heavy (non-hydrogen) atoms. The molecule has 2 saturated carbocycles. The Labute approximate surface area is 130 Å². The average Bonchev–Trinajstić information content (AvgIpc) is 3.06. The zero-order valence-corrected chi connectivity index (χ0v) is 13.1. The Morgan fingerprint density at radius 3 is 2.67 bits per heavy atom. The maximum Gasteiger partial charge on any atom is 0.231 e. The molecule has 0 saturated heterocycles. The Bertz CT molecular complexity index is 561. The molecule has 1 aromatic rings. The largest absolute Gasteiger partial charge is 0.495 e. The van der Waals surface area contributed by atoms with Crippen LogP contribution in [0.2, 0.25) is 5.02 Å². The first kappa shape index (κ1) is 14.7. The van der Waals surface area contributed by atoms with Crippen LogP contribution in [0.5, 0.6) is 5.75 Å². The number of fused-ring (bicyclic) bond motifs is 2. The van der Waals surface area contributed by atoms with Gasteiger partial charge < -0.3 is 15.4 Å². The van der Waals surface area contributed by atoms with Gasteiger partial charge in [-0.2, -0.15) is 0 Å². The van der Waals surface area contributed by atoms with E-state index in [1.165, 1.54) is 6.42 Å². The van der Waals surface area contributed by atoms with Crippen molar-refractivity contribution in [1.82, 2.24) is 0 Å². The van der Waals surface area contributed by atoms with Crippen molar-refractivity contribution in [2.24, 2.45) is 23.5 Å². The Hall–Kier alpha value is -1.26. The van der Waals surface area contributed by atoms with Crippen LogP contribution in [0.1, 0.15) is 19.3 Å².